The molecule has 132 valence electrons. The maximum absolute atomic E-state index is 13.6. The maximum atomic E-state index is 13.6. The number of para-hydroxylation sites is 1. The lowest BCUT2D eigenvalue weighted by Crippen LogP contribution is -2.13. The molecule has 3 rings (SSSR count). The van der Waals surface area contributed by atoms with Gasteiger partial charge in [-0.2, -0.15) is 0 Å². The normalized spacial score (nSPS) is 10.2. The number of halogens is 1. The standard InChI is InChI=1S/C19H17FN4O2/c1-2-26-15-9-7-14(8-10-15)23-18(25)13-11-21-19(22-12-13)24-17-6-4-3-5-16(17)20/h3-12H,2H2,1H3,(H,23,25)(H,21,22,24). The molecule has 0 aliphatic rings. The molecule has 0 aliphatic carbocycles. The lowest BCUT2D eigenvalue weighted by Gasteiger charge is -2.08. The first-order chi connectivity index (χ1) is 12.7. The van der Waals surface area contributed by atoms with E-state index in [2.05, 4.69) is 20.6 Å². The number of hydrogen-bond donors (Lipinski definition) is 2. The smallest absolute Gasteiger partial charge is 0.258 e. The first-order valence-corrected chi connectivity index (χ1v) is 8.03. The summed E-state index contributed by atoms with van der Waals surface area (Å²) in [6.07, 6.45) is 2.75. The van der Waals surface area contributed by atoms with E-state index in [1.165, 1.54) is 18.5 Å². The van der Waals surface area contributed by atoms with Crippen LogP contribution in [0.15, 0.2) is 60.9 Å². The molecule has 1 aromatic heterocycles. The Labute approximate surface area is 150 Å². The molecule has 0 saturated heterocycles. The summed E-state index contributed by atoms with van der Waals surface area (Å²) in [5.41, 5.74) is 1.18. The third-order valence-electron chi connectivity index (χ3n) is 3.46. The van der Waals surface area contributed by atoms with Crippen molar-refractivity contribution in [2.75, 3.05) is 17.2 Å². The minimum atomic E-state index is -0.409. The zero-order valence-corrected chi connectivity index (χ0v) is 14.1. The van der Waals surface area contributed by atoms with Crippen LogP contribution in [0.3, 0.4) is 0 Å². The van der Waals surface area contributed by atoms with E-state index < -0.39 is 5.82 Å². The molecular formula is C19H17FN4O2. The third-order valence-corrected chi connectivity index (χ3v) is 3.46. The average molecular weight is 352 g/mol. The molecule has 0 unspecified atom stereocenters. The Hall–Kier alpha value is -3.48. The minimum Gasteiger partial charge on any atom is -0.494 e. The van der Waals surface area contributed by atoms with Gasteiger partial charge in [0.05, 0.1) is 17.9 Å². The number of nitrogens with one attached hydrogen (secondary N) is 2. The number of amides is 1. The second kappa shape index (κ2) is 8.06. The van der Waals surface area contributed by atoms with Crippen LogP contribution in [0.5, 0.6) is 5.75 Å². The van der Waals surface area contributed by atoms with E-state index in [4.69, 9.17) is 4.74 Å². The molecule has 6 nitrogen and oxygen atoms in total. The summed E-state index contributed by atoms with van der Waals surface area (Å²) in [6, 6.07) is 13.2. The molecule has 0 atom stereocenters. The van der Waals surface area contributed by atoms with Crippen molar-refractivity contribution < 1.29 is 13.9 Å². The van der Waals surface area contributed by atoms with Crippen LogP contribution in [0.2, 0.25) is 0 Å². The Bertz CT molecular complexity index is 883. The number of ether oxygens (including phenoxy) is 1. The number of benzene rings is 2. The summed E-state index contributed by atoms with van der Waals surface area (Å²) >= 11 is 0. The van der Waals surface area contributed by atoms with E-state index >= 15 is 0 Å². The maximum Gasteiger partial charge on any atom is 0.258 e. The van der Waals surface area contributed by atoms with Crippen molar-refractivity contribution in [2.45, 2.75) is 6.92 Å². The van der Waals surface area contributed by atoms with Crippen molar-refractivity contribution in [2.24, 2.45) is 0 Å². The van der Waals surface area contributed by atoms with Crippen LogP contribution in [-0.2, 0) is 0 Å². The van der Waals surface area contributed by atoms with Gasteiger partial charge in [0.25, 0.3) is 5.91 Å². The number of aromatic nitrogens is 2. The lowest BCUT2D eigenvalue weighted by atomic mass is 10.2. The van der Waals surface area contributed by atoms with E-state index in [1.54, 1.807) is 42.5 Å². The van der Waals surface area contributed by atoms with E-state index in [0.29, 0.717) is 12.3 Å². The molecule has 7 heteroatoms. The monoisotopic (exact) mass is 352 g/mol. The topological polar surface area (TPSA) is 76.1 Å². The number of rotatable bonds is 6. The van der Waals surface area contributed by atoms with Crippen LogP contribution in [0.1, 0.15) is 17.3 Å². The van der Waals surface area contributed by atoms with E-state index in [1.807, 2.05) is 6.92 Å². The molecular weight excluding hydrogens is 335 g/mol. The van der Waals surface area contributed by atoms with Crippen molar-refractivity contribution in [3.8, 4) is 5.75 Å². The van der Waals surface area contributed by atoms with Gasteiger partial charge in [-0.3, -0.25) is 4.79 Å². The summed E-state index contributed by atoms with van der Waals surface area (Å²) in [5.74, 6) is 0.185. The molecule has 0 radical (unpaired) electrons. The van der Waals surface area contributed by atoms with Crippen molar-refractivity contribution in [1.82, 2.24) is 9.97 Å². The summed E-state index contributed by atoms with van der Waals surface area (Å²) in [5, 5.41) is 5.51. The van der Waals surface area contributed by atoms with Crippen LogP contribution < -0.4 is 15.4 Å². The zero-order chi connectivity index (χ0) is 18.4. The second-order valence-corrected chi connectivity index (χ2v) is 5.31. The van der Waals surface area contributed by atoms with Gasteiger partial charge in [0.15, 0.2) is 0 Å². The summed E-state index contributed by atoms with van der Waals surface area (Å²) in [7, 11) is 0. The van der Waals surface area contributed by atoms with Gasteiger partial charge in [0, 0.05) is 18.1 Å². The van der Waals surface area contributed by atoms with Crippen molar-refractivity contribution in [3.63, 3.8) is 0 Å². The first-order valence-electron chi connectivity index (χ1n) is 8.03. The fourth-order valence-electron chi connectivity index (χ4n) is 2.20. The molecule has 3 aromatic rings. The van der Waals surface area contributed by atoms with Crippen LogP contribution in [0.25, 0.3) is 0 Å². The van der Waals surface area contributed by atoms with E-state index in [9.17, 15) is 9.18 Å². The minimum absolute atomic E-state index is 0.202. The fourth-order valence-corrected chi connectivity index (χ4v) is 2.20. The molecule has 2 aromatic carbocycles. The van der Waals surface area contributed by atoms with Crippen LogP contribution in [0, 0.1) is 5.82 Å². The molecule has 1 amide bonds. The number of carbonyl (C=O) groups excluding carboxylic acids is 1. The van der Waals surface area contributed by atoms with Gasteiger partial charge >= 0.3 is 0 Å². The Morgan fingerprint density at radius 3 is 2.42 bits per heavy atom. The van der Waals surface area contributed by atoms with Crippen molar-refractivity contribution >= 4 is 23.2 Å². The second-order valence-electron chi connectivity index (χ2n) is 5.31. The molecule has 1 heterocycles. The molecule has 0 spiro atoms. The quantitative estimate of drug-likeness (QED) is 0.701. The largest absolute Gasteiger partial charge is 0.494 e. The highest BCUT2D eigenvalue weighted by Gasteiger charge is 2.09. The van der Waals surface area contributed by atoms with Gasteiger partial charge in [0.1, 0.15) is 11.6 Å². The lowest BCUT2D eigenvalue weighted by molar-refractivity contribution is 0.102. The van der Waals surface area contributed by atoms with Crippen molar-refractivity contribution in [1.29, 1.82) is 0 Å². The predicted octanol–water partition coefficient (Wildman–Crippen LogP) is 4.01. The van der Waals surface area contributed by atoms with E-state index in [0.717, 1.165) is 5.75 Å². The SMILES string of the molecule is CCOc1ccc(NC(=O)c2cnc(Nc3ccccc3F)nc2)cc1. The summed E-state index contributed by atoms with van der Waals surface area (Å²) in [4.78, 5) is 20.3. The number of nitrogens with zero attached hydrogens (tertiary/aromatic N) is 2. The van der Waals surface area contributed by atoms with Gasteiger partial charge < -0.3 is 15.4 Å². The van der Waals surface area contributed by atoms with Gasteiger partial charge in [-0.1, -0.05) is 12.1 Å². The predicted molar refractivity (Wildman–Crippen MR) is 97.3 cm³/mol. The Morgan fingerprint density at radius 2 is 1.77 bits per heavy atom. The number of hydrogen-bond acceptors (Lipinski definition) is 5. The molecule has 0 bridgehead atoms. The molecule has 2 N–H and O–H groups in total. The summed E-state index contributed by atoms with van der Waals surface area (Å²) in [6.45, 7) is 2.48. The summed E-state index contributed by atoms with van der Waals surface area (Å²) < 4.78 is 19.0. The molecule has 0 saturated carbocycles. The average Bonchev–Trinajstić information content (AvgIpc) is 2.66. The number of carbonyl (C=O) groups is 1. The fraction of sp³-hybridized carbons (Fsp3) is 0.105. The highest BCUT2D eigenvalue weighted by atomic mass is 19.1. The Morgan fingerprint density at radius 1 is 1.08 bits per heavy atom. The Kier molecular flexibility index (Phi) is 5.38. The molecule has 0 aliphatic heterocycles. The highest BCUT2D eigenvalue weighted by molar-refractivity contribution is 6.03. The van der Waals surface area contributed by atoms with Gasteiger partial charge in [-0.05, 0) is 43.3 Å². The first kappa shape index (κ1) is 17.3. The highest BCUT2D eigenvalue weighted by Crippen LogP contribution is 2.18. The third kappa shape index (κ3) is 4.32. The van der Waals surface area contributed by atoms with Crippen LogP contribution in [-0.4, -0.2) is 22.5 Å². The Balaban J connectivity index is 1.64. The van der Waals surface area contributed by atoms with Gasteiger partial charge in [-0.25, -0.2) is 14.4 Å². The van der Waals surface area contributed by atoms with E-state index in [-0.39, 0.29) is 23.1 Å². The number of anilines is 3. The van der Waals surface area contributed by atoms with Crippen LogP contribution in [0.4, 0.5) is 21.7 Å². The van der Waals surface area contributed by atoms with Gasteiger partial charge in [0.2, 0.25) is 5.95 Å². The molecule has 0 fully saturated rings. The van der Waals surface area contributed by atoms with Gasteiger partial charge in [-0.15, -0.1) is 0 Å². The van der Waals surface area contributed by atoms with Crippen molar-refractivity contribution in [3.05, 3.63) is 72.3 Å². The zero-order valence-electron chi connectivity index (χ0n) is 14.1. The van der Waals surface area contributed by atoms with Crippen LogP contribution >= 0.6 is 0 Å². The molecule has 26 heavy (non-hydrogen) atoms.